The highest BCUT2D eigenvalue weighted by Gasteiger charge is 2.30. The topological polar surface area (TPSA) is 87.5 Å². The van der Waals surface area contributed by atoms with Crippen LogP contribution in [0.25, 0.3) is 0 Å². The lowest BCUT2D eigenvalue weighted by Gasteiger charge is -2.34. The van der Waals surface area contributed by atoms with Crippen LogP contribution in [0.5, 0.6) is 0 Å². The van der Waals surface area contributed by atoms with Gasteiger partial charge in [0.2, 0.25) is 11.8 Å². The molecule has 0 spiro atoms. The third kappa shape index (κ3) is 7.99. The standard InChI is InChI=1S/C16H32N4O2.ClH/c1-4-8-16(3,17)15(22)19-13-6-10-20(11-7-13)12-14(21)18-9-5-2;/h13H,4-12,17H2,1-3H3,(H,18,21)(H,19,22);1H. The molecule has 23 heavy (non-hydrogen) atoms. The number of nitrogens with zero attached hydrogens (tertiary/aromatic N) is 1. The van der Waals surface area contributed by atoms with E-state index in [1.807, 2.05) is 13.8 Å². The molecule has 0 aromatic heterocycles. The first kappa shape index (κ1) is 22.1. The van der Waals surface area contributed by atoms with Gasteiger partial charge in [-0.15, -0.1) is 12.4 Å². The van der Waals surface area contributed by atoms with E-state index in [-0.39, 0.29) is 30.3 Å². The fourth-order valence-electron chi connectivity index (χ4n) is 2.74. The number of carbonyl (C=O) groups excluding carboxylic acids is 2. The summed E-state index contributed by atoms with van der Waals surface area (Å²) in [4.78, 5) is 26.0. The van der Waals surface area contributed by atoms with E-state index >= 15 is 0 Å². The molecule has 2 amide bonds. The van der Waals surface area contributed by atoms with E-state index in [0.29, 0.717) is 13.0 Å². The second-order valence-electron chi connectivity index (χ2n) is 6.54. The van der Waals surface area contributed by atoms with Crippen LogP contribution in [0.2, 0.25) is 0 Å². The van der Waals surface area contributed by atoms with Crippen molar-refractivity contribution in [2.24, 2.45) is 5.73 Å². The Balaban J connectivity index is 0.00000484. The summed E-state index contributed by atoms with van der Waals surface area (Å²) in [5.41, 5.74) is 5.27. The molecule has 0 aromatic rings. The number of likely N-dealkylation sites (tertiary alicyclic amines) is 1. The van der Waals surface area contributed by atoms with Crippen LogP contribution in [-0.4, -0.2) is 54.5 Å². The number of nitrogens with one attached hydrogen (secondary N) is 2. The fraction of sp³-hybridized carbons (Fsp3) is 0.875. The van der Waals surface area contributed by atoms with Crippen molar-refractivity contribution >= 4 is 24.2 Å². The molecule has 1 atom stereocenters. The van der Waals surface area contributed by atoms with Crippen molar-refractivity contribution in [2.45, 2.75) is 64.5 Å². The number of carbonyl (C=O) groups is 2. The first-order valence-electron chi connectivity index (χ1n) is 8.48. The Labute approximate surface area is 146 Å². The van der Waals surface area contributed by atoms with Crippen LogP contribution in [0, 0.1) is 0 Å². The Morgan fingerprint density at radius 1 is 1.22 bits per heavy atom. The highest BCUT2D eigenvalue weighted by Crippen LogP contribution is 2.13. The maximum atomic E-state index is 12.2. The van der Waals surface area contributed by atoms with Crippen molar-refractivity contribution in [3.63, 3.8) is 0 Å². The van der Waals surface area contributed by atoms with Gasteiger partial charge in [-0.05, 0) is 32.6 Å². The fourth-order valence-corrected chi connectivity index (χ4v) is 2.74. The zero-order valence-electron chi connectivity index (χ0n) is 14.7. The minimum absolute atomic E-state index is 0. The Bertz CT molecular complexity index is 369. The SMILES string of the molecule is CCCNC(=O)CN1CCC(NC(=O)C(C)(N)CCC)CC1.Cl. The lowest BCUT2D eigenvalue weighted by molar-refractivity contribution is -0.127. The smallest absolute Gasteiger partial charge is 0.240 e. The maximum absolute atomic E-state index is 12.2. The summed E-state index contributed by atoms with van der Waals surface area (Å²) < 4.78 is 0. The highest BCUT2D eigenvalue weighted by atomic mass is 35.5. The van der Waals surface area contributed by atoms with E-state index in [4.69, 9.17) is 5.73 Å². The summed E-state index contributed by atoms with van der Waals surface area (Å²) in [5.74, 6) is 0.0234. The number of hydrogen-bond acceptors (Lipinski definition) is 4. The predicted octanol–water partition coefficient (Wildman–Crippen LogP) is 1.03. The van der Waals surface area contributed by atoms with Crippen LogP contribution in [0.15, 0.2) is 0 Å². The van der Waals surface area contributed by atoms with Gasteiger partial charge in [0.1, 0.15) is 0 Å². The van der Waals surface area contributed by atoms with Gasteiger partial charge in [0.25, 0.3) is 0 Å². The number of halogens is 1. The van der Waals surface area contributed by atoms with Crippen LogP contribution in [0.1, 0.15) is 52.9 Å². The van der Waals surface area contributed by atoms with Crippen LogP contribution >= 0.6 is 12.4 Å². The van der Waals surface area contributed by atoms with Crippen molar-refractivity contribution < 1.29 is 9.59 Å². The number of amides is 2. The average molecular weight is 349 g/mol. The monoisotopic (exact) mass is 348 g/mol. The van der Waals surface area contributed by atoms with Crippen molar-refractivity contribution in [1.82, 2.24) is 15.5 Å². The molecule has 1 fully saturated rings. The quantitative estimate of drug-likeness (QED) is 0.611. The van der Waals surface area contributed by atoms with Gasteiger partial charge in [-0.2, -0.15) is 0 Å². The Kier molecular flexibility index (Phi) is 10.4. The highest BCUT2D eigenvalue weighted by molar-refractivity contribution is 5.86. The molecule has 7 heteroatoms. The van der Waals surface area contributed by atoms with E-state index in [0.717, 1.165) is 45.3 Å². The molecule has 6 nitrogen and oxygen atoms in total. The van der Waals surface area contributed by atoms with Gasteiger partial charge < -0.3 is 16.4 Å². The molecule has 1 rings (SSSR count). The van der Waals surface area contributed by atoms with Gasteiger partial charge in [0.15, 0.2) is 0 Å². The second-order valence-corrected chi connectivity index (χ2v) is 6.54. The largest absolute Gasteiger partial charge is 0.355 e. The van der Waals surface area contributed by atoms with E-state index in [1.54, 1.807) is 6.92 Å². The van der Waals surface area contributed by atoms with Crippen LogP contribution in [0.3, 0.4) is 0 Å². The Morgan fingerprint density at radius 2 is 1.83 bits per heavy atom. The molecular weight excluding hydrogens is 316 g/mol. The Morgan fingerprint density at radius 3 is 2.35 bits per heavy atom. The molecule has 0 saturated carbocycles. The van der Waals surface area contributed by atoms with Gasteiger partial charge in [0, 0.05) is 25.7 Å². The molecule has 4 N–H and O–H groups in total. The molecule has 0 bridgehead atoms. The zero-order valence-corrected chi connectivity index (χ0v) is 15.5. The molecule has 1 unspecified atom stereocenters. The molecule has 136 valence electrons. The molecule has 1 heterocycles. The molecule has 0 aromatic carbocycles. The van der Waals surface area contributed by atoms with Crippen molar-refractivity contribution in [3.05, 3.63) is 0 Å². The lowest BCUT2D eigenvalue weighted by atomic mass is 9.95. The van der Waals surface area contributed by atoms with Crippen LogP contribution in [-0.2, 0) is 9.59 Å². The minimum Gasteiger partial charge on any atom is -0.355 e. The molecule has 0 radical (unpaired) electrons. The van der Waals surface area contributed by atoms with Crippen LogP contribution in [0.4, 0.5) is 0 Å². The van der Waals surface area contributed by atoms with Gasteiger partial charge in [-0.25, -0.2) is 0 Å². The summed E-state index contributed by atoms with van der Waals surface area (Å²) >= 11 is 0. The van der Waals surface area contributed by atoms with E-state index < -0.39 is 5.54 Å². The van der Waals surface area contributed by atoms with Gasteiger partial charge >= 0.3 is 0 Å². The third-order valence-electron chi connectivity index (χ3n) is 4.15. The average Bonchev–Trinajstić information content (AvgIpc) is 2.47. The number of nitrogens with two attached hydrogens (primary N) is 1. The zero-order chi connectivity index (χ0) is 16.6. The molecule has 1 aliphatic rings. The Hall–Kier alpha value is -0.850. The predicted molar refractivity (Wildman–Crippen MR) is 95.7 cm³/mol. The van der Waals surface area contributed by atoms with Crippen molar-refractivity contribution in [2.75, 3.05) is 26.2 Å². The third-order valence-corrected chi connectivity index (χ3v) is 4.15. The van der Waals surface area contributed by atoms with Crippen molar-refractivity contribution in [3.8, 4) is 0 Å². The number of rotatable bonds is 8. The molecule has 1 aliphatic heterocycles. The minimum atomic E-state index is -0.786. The van der Waals surface area contributed by atoms with E-state index in [2.05, 4.69) is 15.5 Å². The summed E-state index contributed by atoms with van der Waals surface area (Å²) in [5, 5.41) is 5.95. The first-order chi connectivity index (χ1) is 10.4. The summed E-state index contributed by atoms with van der Waals surface area (Å²) in [6.45, 7) is 8.71. The van der Waals surface area contributed by atoms with Gasteiger partial charge in [0.05, 0.1) is 12.1 Å². The van der Waals surface area contributed by atoms with Crippen molar-refractivity contribution in [1.29, 1.82) is 0 Å². The summed E-state index contributed by atoms with van der Waals surface area (Å²) in [7, 11) is 0. The molecular formula is C16H33ClN4O2. The normalized spacial score (nSPS) is 18.6. The summed E-state index contributed by atoms with van der Waals surface area (Å²) in [6.07, 6.45) is 4.28. The van der Waals surface area contributed by atoms with E-state index in [1.165, 1.54) is 0 Å². The maximum Gasteiger partial charge on any atom is 0.240 e. The van der Waals surface area contributed by atoms with E-state index in [9.17, 15) is 9.59 Å². The first-order valence-corrected chi connectivity index (χ1v) is 8.48. The number of piperidine rings is 1. The molecule has 1 saturated heterocycles. The van der Waals surface area contributed by atoms with Gasteiger partial charge in [-0.3, -0.25) is 14.5 Å². The number of hydrogen-bond donors (Lipinski definition) is 3. The second kappa shape index (κ2) is 10.8. The summed E-state index contributed by atoms with van der Waals surface area (Å²) in [6, 6.07) is 0.169. The molecule has 0 aliphatic carbocycles. The van der Waals surface area contributed by atoms with Crippen LogP contribution < -0.4 is 16.4 Å². The van der Waals surface area contributed by atoms with Gasteiger partial charge in [-0.1, -0.05) is 20.3 Å². The lowest BCUT2D eigenvalue weighted by Crippen LogP contribution is -2.56.